The first-order chi connectivity index (χ1) is 9.62. The zero-order chi connectivity index (χ0) is 14.5. The minimum absolute atomic E-state index is 0.0770. The molecule has 2 aliphatic carbocycles. The van der Waals surface area contributed by atoms with Gasteiger partial charge in [-0.25, -0.2) is 0 Å². The Bertz CT molecular complexity index is 781. The van der Waals surface area contributed by atoms with Crippen LogP contribution in [-0.2, 0) is 0 Å². The second-order valence-electron chi connectivity index (χ2n) is 5.04. The molecule has 2 N–H and O–H groups in total. The monoisotopic (exact) mass is 258 g/mol. The average molecular weight is 258 g/mol. The van der Waals surface area contributed by atoms with Gasteiger partial charge in [-0.2, -0.15) is 15.8 Å². The highest BCUT2D eigenvalue weighted by molar-refractivity contribution is 5.81. The first-order valence-electron chi connectivity index (χ1n) is 6.13. The molecule has 0 radical (unpaired) electrons. The van der Waals surface area contributed by atoms with Crippen LogP contribution in [0.15, 0.2) is 42.1 Å². The smallest absolute Gasteiger partial charge is 0.187 e. The molecular weight excluding hydrogens is 248 g/mol. The van der Waals surface area contributed by atoms with E-state index >= 15 is 0 Å². The Morgan fingerprint density at radius 3 is 2.40 bits per heavy atom. The maximum absolute atomic E-state index is 9.55. The van der Waals surface area contributed by atoms with Crippen LogP contribution in [-0.4, -0.2) is 0 Å². The van der Waals surface area contributed by atoms with Crippen molar-refractivity contribution >= 4 is 5.57 Å². The van der Waals surface area contributed by atoms with Crippen LogP contribution in [0.2, 0.25) is 0 Å². The second kappa shape index (κ2) is 3.73. The molecule has 2 aliphatic rings. The number of nitriles is 3. The van der Waals surface area contributed by atoms with Crippen molar-refractivity contribution in [2.45, 2.75) is 5.92 Å². The van der Waals surface area contributed by atoms with Gasteiger partial charge in [0, 0.05) is 17.5 Å². The molecule has 0 amide bonds. The van der Waals surface area contributed by atoms with Gasteiger partial charge in [-0.15, -0.1) is 0 Å². The van der Waals surface area contributed by atoms with Gasteiger partial charge in [-0.1, -0.05) is 30.8 Å². The first-order valence-corrected chi connectivity index (χ1v) is 6.13. The van der Waals surface area contributed by atoms with Crippen molar-refractivity contribution in [3.63, 3.8) is 0 Å². The van der Waals surface area contributed by atoms with E-state index in [9.17, 15) is 15.8 Å². The lowest BCUT2D eigenvalue weighted by Gasteiger charge is -2.22. The lowest BCUT2D eigenvalue weighted by Crippen LogP contribution is -2.24. The van der Waals surface area contributed by atoms with E-state index in [4.69, 9.17) is 5.73 Å². The van der Waals surface area contributed by atoms with Gasteiger partial charge in [0.25, 0.3) is 0 Å². The Labute approximate surface area is 116 Å². The minimum Gasteiger partial charge on any atom is -0.401 e. The molecule has 0 fully saturated rings. The zero-order valence-corrected chi connectivity index (χ0v) is 10.6. The van der Waals surface area contributed by atoms with Crippen molar-refractivity contribution in [3.05, 3.63) is 53.2 Å². The molecule has 2 unspecified atom stereocenters. The van der Waals surface area contributed by atoms with Gasteiger partial charge in [0.05, 0.1) is 23.8 Å². The van der Waals surface area contributed by atoms with Crippen molar-refractivity contribution < 1.29 is 0 Å². The van der Waals surface area contributed by atoms with E-state index in [0.29, 0.717) is 5.70 Å². The quantitative estimate of drug-likeness (QED) is 0.771. The second-order valence-corrected chi connectivity index (χ2v) is 5.04. The van der Waals surface area contributed by atoms with Crippen LogP contribution in [0.4, 0.5) is 0 Å². The van der Waals surface area contributed by atoms with Crippen molar-refractivity contribution in [3.8, 4) is 18.2 Å². The lowest BCUT2D eigenvalue weighted by molar-refractivity contribution is 0.489. The summed E-state index contributed by atoms with van der Waals surface area (Å²) in [5, 5.41) is 28.4. The zero-order valence-electron chi connectivity index (χ0n) is 10.6. The van der Waals surface area contributed by atoms with E-state index in [-0.39, 0.29) is 11.5 Å². The molecule has 1 aromatic carbocycles. The summed E-state index contributed by atoms with van der Waals surface area (Å²) in [5.74, 6) is -0.766. The minimum atomic E-state index is -1.51. The molecule has 1 aromatic rings. The van der Waals surface area contributed by atoms with E-state index in [2.05, 4.69) is 6.58 Å². The molecule has 2 atom stereocenters. The third kappa shape index (κ3) is 1.08. The maximum Gasteiger partial charge on any atom is 0.187 e. The fourth-order valence-electron chi connectivity index (χ4n) is 3.43. The molecule has 94 valence electrons. The van der Waals surface area contributed by atoms with E-state index in [1.54, 1.807) is 0 Å². The average Bonchev–Trinajstić information content (AvgIpc) is 2.92. The van der Waals surface area contributed by atoms with Gasteiger partial charge in [-0.3, -0.25) is 0 Å². The molecular formula is C16H10N4. The van der Waals surface area contributed by atoms with Crippen LogP contribution in [0.3, 0.4) is 0 Å². The van der Waals surface area contributed by atoms with Crippen LogP contribution in [0.1, 0.15) is 17.0 Å². The van der Waals surface area contributed by atoms with Crippen molar-refractivity contribution in [2.24, 2.45) is 17.1 Å². The van der Waals surface area contributed by atoms with E-state index in [0.717, 1.165) is 16.7 Å². The van der Waals surface area contributed by atoms with Crippen LogP contribution in [0.5, 0.6) is 0 Å². The summed E-state index contributed by atoms with van der Waals surface area (Å²) in [5.41, 5.74) is 7.52. The number of hydrogen-bond acceptors (Lipinski definition) is 4. The Morgan fingerprint density at radius 2 is 1.80 bits per heavy atom. The standard InChI is InChI=1S/C16H10N4/c1-9-10-4-2-3-5-11(10)14-13(9)15(20)12(6-17)16(14,7-18)8-19/h2-5,13-14H,1,20H2. The van der Waals surface area contributed by atoms with Gasteiger partial charge >= 0.3 is 0 Å². The van der Waals surface area contributed by atoms with Crippen LogP contribution in [0, 0.1) is 45.3 Å². The van der Waals surface area contributed by atoms with Crippen molar-refractivity contribution in [2.75, 3.05) is 0 Å². The van der Waals surface area contributed by atoms with Crippen LogP contribution < -0.4 is 5.73 Å². The Morgan fingerprint density at radius 1 is 1.15 bits per heavy atom. The summed E-state index contributed by atoms with van der Waals surface area (Å²) in [6, 6.07) is 13.5. The lowest BCUT2D eigenvalue weighted by atomic mass is 9.72. The summed E-state index contributed by atoms with van der Waals surface area (Å²) in [7, 11) is 0. The number of rotatable bonds is 0. The molecule has 0 aliphatic heterocycles. The molecule has 0 saturated carbocycles. The van der Waals surface area contributed by atoms with Crippen molar-refractivity contribution in [1.29, 1.82) is 15.8 Å². The van der Waals surface area contributed by atoms with Gasteiger partial charge in [0.15, 0.2) is 5.41 Å². The topological polar surface area (TPSA) is 97.4 Å². The van der Waals surface area contributed by atoms with Crippen LogP contribution >= 0.6 is 0 Å². The molecule has 0 aromatic heterocycles. The molecule has 4 nitrogen and oxygen atoms in total. The normalized spacial score (nSPS) is 25.4. The largest absolute Gasteiger partial charge is 0.401 e. The highest BCUT2D eigenvalue weighted by Gasteiger charge is 2.59. The third-order valence-corrected chi connectivity index (χ3v) is 4.30. The predicted octanol–water partition coefficient (Wildman–Crippen LogP) is 2.20. The maximum atomic E-state index is 9.55. The number of hydrogen-bond donors (Lipinski definition) is 1. The molecule has 0 spiro atoms. The summed E-state index contributed by atoms with van der Waals surface area (Å²) >= 11 is 0. The van der Waals surface area contributed by atoms with Gasteiger partial charge in [-0.05, 0) is 16.7 Å². The summed E-state index contributed by atoms with van der Waals surface area (Å²) in [6.45, 7) is 4.05. The summed E-state index contributed by atoms with van der Waals surface area (Å²) < 4.78 is 0. The van der Waals surface area contributed by atoms with E-state index in [1.807, 2.05) is 42.5 Å². The molecule has 20 heavy (non-hydrogen) atoms. The number of nitrogens with zero attached hydrogens (tertiary/aromatic N) is 3. The van der Waals surface area contributed by atoms with Gasteiger partial charge < -0.3 is 5.73 Å². The highest BCUT2D eigenvalue weighted by atomic mass is 14.7. The molecule has 0 bridgehead atoms. The Kier molecular flexibility index (Phi) is 2.24. The third-order valence-electron chi connectivity index (χ3n) is 4.30. The number of fused-ring (bicyclic) bond motifs is 3. The fourth-order valence-corrected chi connectivity index (χ4v) is 3.43. The molecule has 3 rings (SSSR count). The van der Waals surface area contributed by atoms with E-state index in [1.165, 1.54) is 0 Å². The molecule has 0 heterocycles. The number of benzene rings is 1. The fraction of sp³-hybridized carbons (Fsp3) is 0.188. The number of allylic oxidation sites excluding steroid dienone is 2. The van der Waals surface area contributed by atoms with Gasteiger partial charge in [0.1, 0.15) is 0 Å². The molecule has 4 heteroatoms. The summed E-state index contributed by atoms with van der Waals surface area (Å²) in [4.78, 5) is 0. The highest BCUT2D eigenvalue weighted by Crippen LogP contribution is 2.62. The number of nitrogens with two attached hydrogens (primary N) is 1. The SMILES string of the molecule is C=C1c2ccccc2C2C1C(N)=C(C#N)C2(C#N)C#N. The predicted molar refractivity (Wildman–Crippen MR) is 72.2 cm³/mol. The van der Waals surface area contributed by atoms with Crippen molar-refractivity contribution in [1.82, 2.24) is 0 Å². The van der Waals surface area contributed by atoms with E-state index < -0.39 is 11.3 Å². The Balaban J connectivity index is 2.37. The molecule has 0 saturated heterocycles. The van der Waals surface area contributed by atoms with Gasteiger partial charge in [0.2, 0.25) is 0 Å². The van der Waals surface area contributed by atoms with Crippen LogP contribution in [0.25, 0.3) is 5.57 Å². The first kappa shape index (κ1) is 12.0. The summed E-state index contributed by atoms with van der Waals surface area (Å²) in [6.07, 6.45) is 0. The Hall–Kier alpha value is -3.03.